The molecule has 2 aromatic rings. The monoisotopic (exact) mass is 359 g/mol. The van der Waals surface area contributed by atoms with Crippen molar-refractivity contribution in [2.45, 2.75) is 6.04 Å². The van der Waals surface area contributed by atoms with E-state index in [4.69, 9.17) is 5.73 Å². The summed E-state index contributed by atoms with van der Waals surface area (Å²) in [6, 6.07) is 7.16. The van der Waals surface area contributed by atoms with Crippen LogP contribution >= 0.6 is 0 Å². The first kappa shape index (κ1) is 16.6. The van der Waals surface area contributed by atoms with Gasteiger partial charge in [-0.15, -0.1) is 0 Å². The standard InChI is InChI=1S/C18H19F2N5O/c19-10-3-4-15(13(20)6-10)25-8-11-12(9-25)17(11)24-16(26)7-23-18-14(21)2-1-5-22-18/h1-6,11-12,17H,7-9,21H2,(H,22,23)(H,24,26). The third-order valence-corrected chi connectivity index (χ3v) is 5.03. The number of nitrogen functional groups attached to an aromatic ring is 1. The number of nitrogens with two attached hydrogens (primary N) is 1. The lowest BCUT2D eigenvalue weighted by Gasteiger charge is -2.23. The zero-order chi connectivity index (χ0) is 18.3. The van der Waals surface area contributed by atoms with Crippen LogP contribution in [0.15, 0.2) is 36.5 Å². The van der Waals surface area contributed by atoms with Gasteiger partial charge in [-0.1, -0.05) is 0 Å². The topological polar surface area (TPSA) is 83.3 Å². The second kappa shape index (κ2) is 6.44. The number of nitrogens with one attached hydrogen (secondary N) is 2. The van der Waals surface area contributed by atoms with Gasteiger partial charge in [0.25, 0.3) is 0 Å². The van der Waals surface area contributed by atoms with Gasteiger partial charge in [-0.05, 0) is 24.3 Å². The normalized spacial score (nSPS) is 23.5. The summed E-state index contributed by atoms with van der Waals surface area (Å²) in [7, 11) is 0. The van der Waals surface area contributed by atoms with Crippen LogP contribution in [0.2, 0.25) is 0 Å². The van der Waals surface area contributed by atoms with E-state index in [-0.39, 0.29) is 18.5 Å². The number of hydrogen-bond donors (Lipinski definition) is 3. The zero-order valence-electron chi connectivity index (χ0n) is 14.0. The molecule has 1 aliphatic carbocycles. The van der Waals surface area contributed by atoms with Crippen molar-refractivity contribution in [1.29, 1.82) is 0 Å². The average Bonchev–Trinajstić information content (AvgIpc) is 3.03. The number of nitrogens with zero attached hydrogens (tertiary/aromatic N) is 2. The molecule has 2 aliphatic rings. The van der Waals surface area contributed by atoms with Crippen LogP contribution in [-0.2, 0) is 4.79 Å². The number of halogens is 2. The molecule has 4 rings (SSSR count). The molecule has 1 aromatic carbocycles. The van der Waals surface area contributed by atoms with Gasteiger partial charge in [-0.3, -0.25) is 4.79 Å². The van der Waals surface area contributed by atoms with Crippen molar-refractivity contribution in [1.82, 2.24) is 10.3 Å². The van der Waals surface area contributed by atoms with Crippen molar-refractivity contribution < 1.29 is 13.6 Å². The van der Waals surface area contributed by atoms with Crippen LogP contribution in [0.3, 0.4) is 0 Å². The van der Waals surface area contributed by atoms with Crippen LogP contribution in [0.25, 0.3) is 0 Å². The number of amides is 1. The molecule has 1 saturated carbocycles. The summed E-state index contributed by atoms with van der Waals surface area (Å²) in [5, 5.41) is 5.91. The van der Waals surface area contributed by atoms with Crippen LogP contribution in [0.5, 0.6) is 0 Å². The molecule has 2 fully saturated rings. The fourth-order valence-corrected chi connectivity index (χ4v) is 3.64. The van der Waals surface area contributed by atoms with Crippen LogP contribution in [0.4, 0.5) is 26.0 Å². The second-order valence-corrected chi connectivity index (χ2v) is 6.72. The van der Waals surface area contributed by atoms with E-state index in [0.717, 1.165) is 6.07 Å². The highest BCUT2D eigenvalue weighted by Gasteiger charge is 2.56. The summed E-state index contributed by atoms with van der Waals surface area (Å²) in [4.78, 5) is 18.1. The van der Waals surface area contributed by atoms with Gasteiger partial charge in [-0.2, -0.15) is 0 Å². The number of aromatic nitrogens is 1. The summed E-state index contributed by atoms with van der Waals surface area (Å²) < 4.78 is 26.9. The Bertz CT molecular complexity index is 834. The SMILES string of the molecule is Nc1cccnc1NCC(=O)NC1C2CN(c3ccc(F)cc3F)CC21. The second-order valence-electron chi connectivity index (χ2n) is 6.72. The van der Waals surface area contributed by atoms with Gasteiger partial charge < -0.3 is 21.3 Å². The van der Waals surface area contributed by atoms with Crippen molar-refractivity contribution >= 4 is 23.1 Å². The highest BCUT2D eigenvalue weighted by atomic mass is 19.1. The third kappa shape index (κ3) is 3.14. The molecule has 1 saturated heterocycles. The molecule has 1 aliphatic heterocycles. The van der Waals surface area contributed by atoms with Crippen molar-refractivity contribution in [3.63, 3.8) is 0 Å². The lowest BCUT2D eigenvalue weighted by atomic mass is 10.2. The van der Waals surface area contributed by atoms with E-state index >= 15 is 0 Å². The summed E-state index contributed by atoms with van der Waals surface area (Å²) in [6.45, 7) is 1.39. The fraction of sp³-hybridized carbons (Fsp3) is 0.333. The number of fused-ring (bicyclic) bond motifs is 1. The zero-order valence-corrected chi connectivity index (χ0v) is 14.0. The molecule has 0 bridgehead atoms. The predicted octanol–water partition coefficient (Wildman–Crippen LogP) is 1.60. The fourth-order valence-electron chi connectivity index (χ4n) is 3.64. The Morgan fingerprint density at radius 1 is 1.27 bits per heavy atom. The van der Waals surface area contributed by atoms with Gasteiger partial charge in [0.05, 0.1) is 17.9 Å². The van der Waals surface area contributed by atoms with E-state index in [1.165, 1.54) is 12.1 Å². The molecule has 26 heavy (non-hydrogen) atoms. The smallest absolute Gasteiger partial charge is 0.239 e. The molecule has 8 heteroatoms. The quantitative estimate of drug-likeness (QED) is 0.755. The molecule has 0 spiro atoms. The Morgan fingerprint density at radius 2 is 2.04 bits per heavy atom. The molecule has 1 amide bonds. The van der Waals surface area contributed by atoms with Crippen LogP contribution < -0.4 is 21.3 Å². The first-order valence-electron chi connectivity index (χ1n) is 8.46. The number of piperidine rings is 1. The van der Waals surface area contributed by atoms with Crippen LogP contribution in [-0.4, -0.2) is 36.6 Å². The molecule has 4 N–H and O–H groups in total. The van der Waals surface area contributed by atoms with E-state index in [1.54, 1.807) is 18.3 Å². The van der Waals surface area contributed by atoms with Gasteiger partial charge in [-0.25, -0.2) is 13.8 Å². The van der Waals surface area contributed by atoms with Gasteiger partial charge in [0.1, 0.15) is 17.5 Å². The number of benzene rings is 1. The van der Waals surface area contributed by atoms with Crippen molar-refractivity contribution in [3.05, 3.63) is 48.2 Å². The van der Waals surface area contributed by atoms with E-state index in [9.17, 15) is 13.6 Å². The van der Waals surface area contributed by atoms with Gasteiger partial charge in [0.2, 0.25) is 5.91 Å². The Balaban J connectivity index is 1.27. The highest BCUT2D eigenvalue weighted by Crippen LogP contribution is 2.47. The van der Waals surface area contributed by atoms with Crippen molar-refractivity contribution in [2.75, 3.05) is 35.6 Å². The predicted molar refractivity (Wildman–Crippen MR) is 94.6 cm³/mol. The molecule has 136 valence electrons. The average molecular weight is 359 g/mol. The van der Waals surface area contributed by atoms with E-state index in [1.807, 2.05) is 4.90 Å². The summed E-state index contributed by atoms with van der Waals surface area (Å²) in [5.41, 5.74) is 6.67. The first-order valence-corrected chi connectivity index (χ1v) is 8.46. The van der Waals surface area contributed by atoms with Crippen molar-refractivity contribution in [2.24, 2.45) is 11.8 Å². The maximum absolute atomic E-state index is 13.9. The number of carbonyl (C=O) groups is 1. The number of pyridine rings is 1. The molecule has 1 aromatic heterocycles. The van der Waals surface area contributed by atoms with Gasteiger partial charge in [0.15, 0.2) is 0 Å². The minimum atomic E-state index is -0.582. The first-order chi connectivity index (χ1) is 12.5. The molecule has 2 atom stereocenters. The lowest BCUT2D eigenvalue weighted by molar-refractivity contribution is -0.119. The van der Waals surface area contributed by atoms with E-state index < -0.39 is 11.6 Å². The number of anilines is 3. The summed E-state index contributed by atoms with van der Waals surface area (Å²) in [5.74, 6) is -0.192. The molecule has 2 unspecified atom stereocenters. The van der Waals surface area contributed by atoms with Gasteiger partial charge >= 0.3 is 0 Å². The Morgan fingerprint density at radius 3 is 2.73 bits per heavy atom. The van der Waals surface area contributed by atoms with Crippen LogP contribution in [0, 0.1) is 23.5 Å². The Labute approximate surface area is 149 Å². The van der Waals surface area contributed by atoms with Crippen LogP contribution in [0.1, 0.15) is 0 Å². The number of rotatable bonds is 5. The van der Waals surface area contributed by atoms with Gasteiger partial charge in [0, 0.05) is 43.2 Å². The molecule has 0 radical (unpaired) electrons. The maximum Gasteiger partial charge on any atom is 0.239 e. The Kier molecular flexibility index (Phi) is 4.10. The van der Waals surface area contributed by atoms with E-state index in [0.29, 0.717) is 42.1 Å². The third-order valence-electron chi connectivity index (χ3n) is 5.03. The summed E-state index contributed by atoms with van der Waals surface area (Å²) in [6.07, 6.45) is 1.60. The molecule has 2 heterocycles. The molecular formula is C18H19F2N5O. The largest absolute Gasteiger partial charge is 0.396 e. The minimum Gasteiger partial charge on any atom is -0.396 e. The van der Waals surface area contributed by atoms with E-state index in [2.05, 4.69) is 15.6 Å². The minimum absolute atomic E-state index is 0.0907. The lowest BCUT2D eigenvalue weighted by Crippen LogP contribution is -2.37. The highest BCUT2D eigenvalue weighted by molar-refractivity contribution is 5.82. The molecule has 6 nitrogen and oxygen atoms in total. The summed E-state index contributed by atoms with van der Waals surface area (Å²) >= 11 is 0. The molecular weight excluding hydrogens is 340 g/mol. The number of carbonyl (C=O) groups excluding carboxylic acids is 1. The number of hydrogen-bond acceptors (Lipinski definition) is 5. The Hall–Kier alpha value is -2.90. The maximum atomic E-state index is 13.9. The van der Waals surface area contributed by atoms with Crippen molar-refractivity contribution in [3.8, 4) is 0 Å².